The number of benzene rings is 2. The summed E-state index contributed by atoms with van der Waals surface area (Å²) in [6, 6.07) is 13.6. The van der Waals surface area contributed by atoms with Crippen molar-refractivity contribution in [2.75, 3.05) is 13.3 Å². The Morgan fingerprint density at radius 3 is 2.47 bits per heavy atom. The molecule has 3 atom stereocenters. The van der Waals surface area contributed by atoms with Gasteiger partial charge in [0.05, 0.1) is 6.61 Å². The van der Waals surface area contributed by atoms with Gasteiger partial charge in [-0.25, -0.2) is 4.39 Å². The molecular formula is C27H36FO3P. The number of hydrogen-bond acceptors (Lipinski definition) is 2. The second-order valence-electron chi connectivity index (χ2n) is 10.2. The van der Waals surface area contributed by atoms with Crippen LogP contribution in [0.2, 0.25) is 0 Å². The van der Waals surface area contributed by atoms with Crippen molar-refractivity contribution in [1.29, 1.82) is 0 Å². The number of aryl methyl sites for hydroxylation is 1. The lowest BCUT2D eigenvalue weighted by Crippen LogP contribution is -2.20. The van der Waals surface area contributed by atoms with E-state index in [4.69, 9.17) is 4.74 Å². The van der Waals surface area contributed by atoms with E-state index in [-0.39, 0.29) is 17.4 Å². The third-order valence-electron chi connectivity index (χ3n) is 7.57. The van der Waals surface area contributed by atoms with Gasteiger partial charge >= 0.3 is 0 Å². The zero-order chi connectivity index (χ0) is 22.9. The van der Waals surface area contributed by atoms with Gasteiger partial charge in [0.1, 0.15) is 11.6 Å². The average molecular weight is 459 g/mol. The molecule has 174 valence electrons. The Kier molecular flexibility index (Phi) is 7.12. The van der Waals surface area contributed by atoms with Gasteiger partial charge in [-0.15, -0.1) is 0 Å². The normalized spacial score (nSPS) is 25.0. The minimum atomic E-state index is -3.15. The second kappa shape index (κ2) is 9.69. The van der Waals surface area contributed by atoms with Crippen molar-refractivity contribution in [3.8, 4) is 5.75 Å². The predicted molar refractivity (Wildman–Crippen MR) is 128 cm³/mol. The largest absolute Gasteiger partial charge is 0.493 e. The van der Waals surface area contributed by atoms with E-state index in [2.05, 4.69) is 12.1 Å². The highest BCUT2D eigenvalue weighted by molar-refractivity contribution is 7.57. The summed E-state index contributed by atoms with van der Waals surface area (Å²) in [5.74, 6) is 2.16. The van der Waals surface area contributed by atoms with Gasteiger partial charge in [0.15, 0.2) is 0 Å². The smallest absolute Gasteiger partial charge is 0.200 e. The molecule has 5 heteroatoms. The molecule has 1 unspecified atom stereocenters. The summed E-state index contributed by atoms with van der Waals surface area (Å²) in [7, 11) is -3.15. The minimum absolute atomic E-state index is 0.0777. The maximum absolute atomic E-state index is 14.3. The van der Waals surface area contributed by atoms with Gasteiger partial charge in [-0.2, -0.15) is 0 Å². The molecule has 0 amide bonds. The zero-order valence-electron chi connectivity index (χ0n) is 19.5. The molecule has 3 nitrogen and oxygen atoms in total. The molecule has 0 saturated heterocycles. The SMILES string of the molecule is Cc1ccc(F)c(C2CCC(COc3cccc([C@H](C4CC4)[C@H](C)P(C)(=O)O)c3)CC2)c1. The van der Waals surface area contributed by atoms with Crippen molar-refractivity contribution in [3.63, 3.8) is 0 Å². The maximum Gasteiger partial charge on any atom is 0.200 e. The molecular weight excluding hydrogens is 422 g/mol. The molecule has 0 aliphatic heterocycles. The zero-order valence-corrected chi connectivity index (χ0v) is 20.4. The summed E-state index contributed by atoms with van der Waals surface area (Å²) < 4.78 is 32.8. The fraction of sp³-hybridized carbons (Fsp3) is 0.556. The third kappa shape index (κ3) is 5.64. The van der Waals surface area contributed by atoms with E-state index in [9.17, 15) is 13.8 Å². The Morgan fingerprint density at radius 1 is 1.09 bits per heavy atom. The first kappa shape index (κ1) is 23.5. The van der Waals surface area contributed by atoms with Crippen LogP contribution in [0.25, 0.3) is 0 Å². The van der Waals surface area contributed by atoms with Gasteiger partial charge in [0, 0.05) is 12.3 Å². The number of rotatable bonds is 8. The van der Waals surface area contributed by atoms with E-state index in [0.29, 0.717) is 24.4 Å². The molecule has 2 aliphatic rings. The average Bonchev–Trinajstić information content (AvgIpc) is 3.59. The first-order valence-corrected chi connectivity index (χ1v) is 14.2. The first-order valence-electron chi connectivity index (χ1n) is 12.0. The molecule has 0 aromatic heterocycles. The molecule has 2 aromatic carbocycles. The van der Waals surface area contributed by atoms with Crippen LogP contribution < -0.4 is 4.74 Å². The molecule has 0 bridgehead atoms. The molecule has 32 heavy (non-hydrogen) atoms. The van der Waals surface area contributed by atoms with Crippen LogP contribution >= 0.6 is 7.37 Å². The summed E-state index contributed by atoms with van der Waals surface area (Å²) in [5, 5.41) is 0. The van der Waals surface area contributed by atoms with Crippen molar-refractivity contribution >= 4 is 7.37 Å². The fourth-order valence-corrected chi connectivity index (χ4v) is 6.35. The van der Waals surface area contributed by atoms with E-state index in [1.54, 1.807) is 6.07 Å². The van der Waals surface area contributed by atoms with Crippen LogP contribution in [0.4, 0.5) is 4.39 Å². The number of halogens is 1. The lowest BCUT2D eigenvalue weighted by Gasteiger charge is -2.29. The summed E-state index contributed by atoms with van der Waals surface area (Å²) in [4.78, 5) is 10.2. The molecule has 0 spiro atoms. The Morgan fingerprint density at radius 2 is 1.81 bits per heavy atom. The molecule has 0 heterocycles. The van der Waals surface area contributed by atoms with E-state index < -0.39 is 7.37 Å². The van der Waals surface area contributed by atoms with E-state index in [1.165, 1.54) is 6.66 Å². The van der Waals surface area contributed by atoms with Crippen LogP contribution in [0, 0.1) is 24.6 Å². The van der Waals surface area contributed by atoms with Crippen LogP contribution in [0.5, 0.6) is 5.75 Å². The molecule has 2 fully saturated rings. The quantitative estimate of drug-likeness (QED) is 0.423. The lowest BCUT2D eigenvalue weighted by molar-refractivity contribution is 0.199. The monoisotopic (exact) mass is 458 g/mol. The Balaban J connectivity index is 1.35. The second-order valence-corrected chi connectivity index (χ2v) is 12.9. The van der Waals surface area contributed by atoms with Crippen LogP contribution in [0.15, 0.2) is 42.5 Å². The van der Waals surface area contributed by atoms with Gasteiger partial charge in [-0.3, -0.25) is 4.57 Å². The van der Waals surface area contributed by atoms with Crippen molar-refractivity contribution in [3.05, 3.63) is 65.0 Å². The van der Waals surface area contributed by atoms with Crippen molar-refractivity contribution in [1.82, 2.24) is 0 Å². The molecule has 2 aromatic rings. The highest BCUT2D eigenvalue weighted by Gasteiger charge is 2.41. The van der Waals surface area contributed by atoms with Gasteiger partial charge in [0.2, 0.25) is 7.37 Å². The highest BCUT2D eigenvalue weighted by Crippen LogP contribution is 2.56. The van der Waals surface area contributed by atoms with Crippen LogP contribution in [0.3, 0.4) is 0 Å². The van der Waals surface area contributed by atoms with Gasteiger partial charge in [-0.05, 0) is 98.4 Å². The third-order valence-corrected chi connectivity index (χ3v) is 9.40. The molecule has 2 aliphatic carbocycles. The number of ether oxygens (including phenoxy) is 1. The predicted octanol–water partition coefficient (Wildman–Crippen LogP) is 7.27. The summed E-state index contributed by atoms with van der Waals surface area (Å²) in [6.07, 6.45) is 6.34. The van der Waals surface area contributed by atoms with E-state index >= 15 is 0 Å². The van der Waals surface area contributed by atoms with E-state index in [0.717, 1.165) is 61.0 Å². The first-order chi connectivity index (χ1) is 15.2. The topological polar surface area (TPSA) is 46.5 Å². The molecule has 2 saturated carbocycles. The van der Waals surface area contributed by atoms with Gasteiger partial charge in [0.25, 0.3) is 0 Å². The maximum atomic E-state index is 14.3. The van der Waals surface area contributed by atoms with Crippen molar-refractivity contribution in [2.24, 2.45) is 11.8 Å². The van der Waals surface area contributed by atoms with Crippen LogP contribution in [0.1, 0.15) is 74.0 Å². The Bertz CT molecular complexity index is 973. The summed E-state index contributed by atoms with van der Waals surface area (Å²) in [5.41, 5.74) is 2.86. The summed E-state index contributed by atoms with van der Waals surface area (Å²) in [6.45, 7) is 6.08. The fourth-order valence-electron chi connectivity index (χ4n) is 5.34. The Labute approximate surface area is 191 Å². The standard InChI is InChI=1S/C27H36FO3P/c1-18-7-14-26(28)25(15-18)21-10-8-20(9-11-21)17-31-24-6-4-5-23(16-24)27(22-12-13-22)19(2)32(3,29)30/h4-7,14-16,19-22,27H,8-13,17H2,1-3H3,(H,29,30)/t19-,20?,21?,27-/m0/s1. The van der Waals surface area contributed by atoms with Crippen molar-refractivity contribution < 1.29 is 18.6 Å². The molecule has 1 N–H and O–H groups in total. The van der Waals surface area contributed by atoms with Crippen LogP contribution in [-0.2, 0) is 4.57 Å². The minimum Gasteiger partial charge on any atom is -0.493 e. The summed E-state index contributed by atoms with van der Waals surface area (Å²) >= 11 is 0. The van der Waals surface area contributed by atoms with E-state index in [1.807, 2.05) is 38.1 Å². The van der Waals surface area contributed by atoms with Crippen LogP contribution in [-0.4, -0.2) is 23.8 Å². The lowest BCUT2D eigenvalue weighted by atomic mass is 9.78. The molecule has 0 radical (unpaired) electrons. The molecule has 4 rings (SSSR count). The highest BCUT2D eigenvalue weighted by atomic mass is 31.2. The van der Waals surface area contributed by atoms with Crippen molar-refractivity contribution in [2.45, 2.75) is 69.9 Å². The van der Waals surface area contributed by atoms with Gasteiger partial charge in [-0.1, -0.05) is 36.8 Å². The van der Waals surface area contributed by atoms with Gasteiger partial charge < -0.3 is 9.63 Å². The Hall–Kier alpha value is -1.64. The number of hydrogen-bond donors (Lipinski definition) is 1.